The predicted molar refractivity (Wildman–Crippen MR) is 75.7 cm³/mol. The molecule has 1 N–H and O–H groups in total. The third kappa shape index (κ3) is 6.82. The number of methoxy groups -OCH3 is 1. The summed E-state index contributed by atoms with van der Waals surface area (Å²) >= 11 is 0. The van der Waals surface area contributed by atoms with Gasteiger partial charge >= 0.3 is 5.97 Å². The number of ether oxygens (including phenoxy) is 1. The second kappa shape index (κ2) is 8.53. The number of carboxylic acid groups (broad SMARTS) is 1. The lowest BCUT2D eigenvalue weighted by molar-refractivity contribution is -0.137. The molecule has 0 aliphatic rings. The smallest absolute Gasteiger partial charge is 0.303 e. The predicted octanol–water partition coefficient (Wildman–Crippen LogP) is 2.42. The lowest BCUT2D eigenvalue weighted by Gasteiger charge is -2.15. The van der Waals surface area contributed by atoms with E-state index in [0.717, 1.165) is 31.7 Å². The van der Waals surface area contributed by atoms with Gasteiger partial charge in [0, 0.05) is 6.42 Å². The Morgan fingerprint density at radius 3 is 2.42 bits per heavy atom. The van der Waals surface area contributed by atoms with E-state index in [1.165, 1.54) is 5.56 Å². The summed E-state index contributed by atoms with van der Waals surface area (Å²) in [5.41, 5.74) is 1.31. The molecule has 1 aromatic carbocycles. The summed E-state index contributed by atoms with van der Waals surface area (Å²) in [5, 5.41) is 8.57. The van der Waals surface area contributed by atoms with Crippen molar-refractivity contribution in [1.29, 1.82) is 0 Å². The van der Waals surface area contributed by atoms with Gasteiger partial charge in [-0.15, -0.1) is 0 Å². The number of benzene rings is 1. The Morgan fingerprint density at radius 2 is 1.84 bits per heavy atom. The maximum Gasteiger partial charge on any atom is 0.303 e. The van der Waals surface area contributed by atoms with Crippen LogP contribution in [0.4, 0.5) is 0 Å². The molecule has 0 fully saturated rings. The fraction of sp³-hybridized carbons (Fsp3) is 0.533. The molecule has 0 unspecified atom stereocenters. The molecule has 0 saturated heterocycles. The number of hydrogen-bond donors (Lipinski definition) is 1. The number of carboxylic acids is 1. The van der Waals surface area contributed by atoms with Gasteiger partial charge in [-0.25, -0.2) is 0 Å². The second-order valence-corrected chi connectivity index (χ2v) is 4.75. The fourth-order valence-corrected chi connectivity index (χ4v) is 1.96. The lowest BCUT2D eigenvalue weighted by Crippen LogP contribution is -2.22. The first-order valence-electron chi connectivity index (χ1n) is 6.65. The minimum Gasteiger partial charge on any atom is -0.497 e. The van der Waals surface area contributed by atoms with Crippen LogP contribution in [0.5, 0.6) is 5.75 Å². The second-order valence-electron chi connectivity index (χ2n) is 4.75. The highest BCUT2D eigenvalue weighted by Gasteiger charge is 2.02. The molecule has 0 heterocycles. The third-order valence-electron chi connectivity index (χ3n) is 3.09. The van der Waals surface area contributed by atoms with Crippen molar-refractivity contribution in [3.05, 3.63) is 29.8 Å². The average Bonchev–Trinajstić information content (AvgIpc) is 2.39. The van der Waals surface area contributed by atoms with Crippen LogP contribution in [0.1, 0.15) is 24.8 Å². The van der Waals surface area contributed by atoms with Crippen molar-refractivity contribution in [2.45, 2.75) is 25.7 Å². The van der Waals surface area contributed by atoms with Gasteiger partial charge in [0.2, 0.25) is 0 Å². The van der Waals surface area contributed by atoms with Crippen LogP contribution in [0.2, 0.25) is 0 Å². The van der Waals surface area contributed by atoms with Gasteiger partial charge in [0.25, 0.3) is 0 Å². The molecule has 0 radical (unpaired) electrons. The number of hydrogen-bond acceptors (Lipinski definition) is 3. The van der Waals surface area contributed by atoms with Crippen LogP contribution in [0.3, 0.4) is 0 Å². The summed E-state index contributed by atoms with van der Waals surface area (Å²) in [7, 11) is 3.71. The minimum atomic E-state index is -0.716. The molecule has 1 rings (SSSR count). The van der Waals surface area contributed by atoms with Gasteiger partial charge in [-0.2, -0.15) is 0 Å². The topological polar surface area (TPSA) is 49.8 Å². The molecule has 0 atom stereocenters. The molecule has 0 aromatic heterocycles. The van der Waals surface area contributed by atoms with Crippen LogP contribution in [0, 0.1) is 0 Å². The zero-order valence-electron chi connectivity index (χ0n) is 11.8. The normalized spacial score (nSPS) is 10.7. The molecule has 106 valence electrons. The van der Waals surface area contributed by atoms with E-state index in [-0.39, 0.29) is 6.42 Å². The van der Waals surface area contributed by atoms with Crippen molar-refractivity contribution in [2.24, 2.45) is 0 Å². The summed E-state index contributed by atoms with van der Waals surface area (Å²) in [5.74, 6) is 0.168. The van der Waals surface area contributed by atoms with Crippen LogP contribution in [0.25, 0.3) is 0 Å². The van der Waals surface area contributed by atoms with Gasteiger partial charge in [-0.05, 0) is 57.1 Å². The first kappa shape index (κ1) is 15.5. The zero-order valence-corrected chi connectivity index (χ0v) is 11.8. The molecular formula is C15H23NO3. The Hall–Kier alpha value is -1.55. The Balaban J connectivity index is 2.16. The van der Waals surface area contributed by atoms with E-state index in [1.807, 2.05) is 19.2 Å². The van der Waals surface area contributed by atoms with Gasteiger partial charge in [0.05, 0.1) is 7.11 Å². The number of carbonyl (C=O) groups is 1. The van der Waals surface area contributed by atoms with Crippen molar-refractivity contribution in [3.63, 3.8) is 0 Å². The molecule has 19 heavy (non-hydrogen) atoms. The van der Waals surface area contributed by atoms with Crippen molar-refractivity contribution >= 4 is 5.97 Å². The molecular weight excluding hydrogens is 242 g/mol. The number of aliphatic carboxylic acids is 1. The molecule has 0 aliphatic heterocycles. The summed E-state index contributed by atoms with van der Waals surface area (Å²) in [6.45, 7) is 1.83. The first-order valence-corrected chi connectivity index (χ1v) is 6.65. The van der Waals surface area contributed by atoms with E-state index in [4.69, 9.17) is 9.84 Å². The van der Waals surface area contributed by atoms with E-state index in [1.54, 1.807) is 7.11 Å². The zero-order chi connectivity index (χ0) is 14.1. The van der Waals surface area contributed by atoms with Crippen molar-refractivity contribution in [3.8, 4) is 5.75 Å². The standard InChI is InChI=1S/C15H23NO3/c1-16(12-4-6-15(17)18)11-3-5-13-7-9-14(19-2)10-8-13/h7-10H,3-6,11-12H2,1-2H3,(H,17,18). The quantitative estimate of drug-likeness (QED) is 0.745. The summed E-state index contributed by atoms with van der Waals surface area (Å²) in [6, 6.07) is 8.13. The van der Waals surface area contributed by atoms with Crippen LogP contribution >= 0.6 is 0 Å². The van der Waals surface area contributed by atoms with Gasteiger partial charge in [-0.1, -0.05) is 12.1 Å². The summed E-state index contributed by atoms with van der Waals surface area (Å²) in [4.78, 5) is 12.6. The van der Waals surface area contributed by atoms with Gasteiger partial charge in [-0.3, -0.25) is 4.79 Å². The van der Waals surface area contributed by atoms with Crippen molar-refractivity contribution in [1.82, 2.24) is 4.90 Å². The van der Waals surface area contributed by atoms with Crippen LogP contribution < -0.4 is 4.74 Å². The van der Waals surface area contributed by atoms with Crippen LogP contribution in [-0.4, -0.2) is 43.2 Å². The van der Waals surface area contributed by atoms with Crippen molar-refractivity contribution < 1.29 is 14.6 Å². The molecule has 4 nitrogen and oxygen atoms in total. The van der Waals surface area contributed by atoms with E-state index < -0.39 is 5.97 Å². The SMILES string of the molecule is COc1ccc(CCCN(C)CCCC(=O)O)cc1. The molecule has 1 aromatic rings. The molecule has 0 spiro atoms. The molecule has 0 aliphatic carbocycles. The molecule has 0 bridgehead atoms. The van der Waals surface area contributed by atoms with E-state index >= 15 is 0 Å². The molecule has 0 amide bonds. The number of rotatable bonds is 9. The van der Waals surface area contributed by atoms with E-state index in [0.29, 0.717) is 6.42 Å². The molecule has 4 heteroatoms. The molecule has 0 saturated carbocycles. The minimum absolute atomic E-state index is 0.253. The Labute approximate surface area is 115 Å². The Morgan fingerprint density at radius 1 is 1.21 bits per heavy atom. The highest BCUT2D eigenvalue weighted by Crippen LogP contribution is 2.12. The van der Waals surface area contributed by atoms with Crippen molar-refractivity contribution in [2.75, 3.05) is 27.2 Å². The summed E-state index contributed by atoms with van der Waals surface area (Å²) < 4.78 is 5.12. The highest BCUT2D eigenvalue weighted by molar-refractivity contribution is 5.66. The van der Waals surface area contributed by atoms with Gasteiger partial charge < -0.3 is 14.7 Å². The third-order valence-corrected chi connectivity index (χ3v) is 3.09. The van der Waals surface area contributed by atoms with Crippen LogP contribution in [0.15, 0.2) is 24.3 Å². The first-order chi connectivity index (χ1) is 9.11. The Kier molecular flexibility index (Phi) is 6.97. The number of aryl methyl sites for hydroxylation is 1. The van der Waals surface area contributed by atoms with Gasteiger partial charge in [0.1, 0.15) is 5.75 Å². The Bertz CT molecular complexity index is 375. The van der Waals surface area contributed by atoms with Gasteiger partial charge in [0.15, 0.2) is 0 Å². The maximum absolute atomic E-state index is 10.4. The average molecular weight is 265 g/mol. The monoisotopic (exact) mass is 265 g/mol. The lowest BCUT2D eigenvalue weighted by atomic mass is 10.1. The highest BCUT2D eigenvalue weighted by atomic mass is 16.5. The summed E-state index contributed by atoms with van der Waals surface area (Å²) in [6.07, 6.45) is 3.08. The van der Waals surface area contributed by atoms with E-state index in [9.17, 15) is 4.79 Å². The maximum atomic E-state index is 10.4. The largest absolute Gasteiger partial charge is 0.497 e. The fourth-order valence-electron chi connectivity index (χ4n) is 1.96. The number of nitrogens with zero attached hydrogens (tertiary/aromatic N) is 1. The van der Waals surface area contributed by atoms with Crippen LogP contribution in [-0.2, 0) is 11.2 Å². The van der Waals surface area contributed by atoms with E-state index in [2.05, 4.69) is 17.0 Å².